The molecule has 3 aromatic rings. The molecule has 0 saturated heterocycles. The number of anilines is 1. The largest absolute Gasteiger partial charge is 0.478 e. The molecule has 9 nitrogen and oxygen atoms in total. The second-order valence-electron chi connectivity index (χ2n) is 7.59. The van der Waals surface area contributed by atoms with Gasteiger partial charge in [0.05, 0.1) is 16.6 Å². The maximum atomic E-state index is 12.0. The van der Waals surface area contributed by atoms with Crippen LogP contribution in [0.25, 0.3) is 22.7 Å². The van der Waals surface area contributed by atoms with Crippen LogP contribution in [0.2, 0.25) is 0 Å². The van der Waals surface area contributed by atoms with Crippen LogP contribution in [0, 0.1) is 6.92 Å². The van der Waals surface area contributed by atoms with E-state index in [1.807, 2.05) is 0 Å². The standard InChI is InChI=1S/C19H23N5O4/c1-10-11(17(25)26)7-8-12-14(10)24(6)16(20-12)15-21-13(9-23(15)5)22-18(27)28-19(2,3)4/h7-9H,1-6H3,(H,22,27)(H,25,26). The van der Waals surface area contributed by atoms with Crippen LogP contribution in [0.3, 0.4) is 0 Å². The normalized spacial score (nSPS) is 11.6. The summed E-state index contributed by atoms with van der Waals surface area (Å²) >= 11 is 0. The average molecular weight is 385 g/mol. The van der Waals surface area contributed by atoms with Crippen LogP contribution in [0.15, 0.2) is 18.3 Å². The fourth-order valence-electron chi connectivity index (χ4n) is 3.07. The van der Waals surface area contributed by atoms with E-state index in [2.05, 4.69) is 15.3 Å². The van der Waals surface area contributed by atoms with Gasteiger partial charge in [0.1, 0.15) is 5.60 Å². The Morgan fingerprint density at radius 1 is 1.14 bits per heavy atom. The van der Waals surface area contributed by atoms with Crippen LogP contribution in [-0.2, 0) is 18.8 Å². The van der Waals surface area contributed by atoms with E-state index < -0.39 is 17.7 Å². The number of carbonyl (C=O) groups is 2. The number of nitrogens with one attached hydrogen (secondary N) is 1. The number of carbonyl (C=O) groups excluding carboxylic acids is 1. The molecule has 0 spiro atoms. The maximum Gasteiger partial charge on any atom is 0.413 e. The molecule has 0 fully saturated rings. The van der Waals surface area contributed by atoms with Crippen molar-refractivity contribution in [1.29, 1.82) is 0 Å². The highest BCUT2D eigenvalue weighted by Gasteiger charge is 2.21. The SMILES string of the molecule is Cc1c(C(=O)O)ccc2nc(-c3nc(NC(=O)OC(C)(C)C)cn3C)n(C)c12. The minimum atomic E-state index is -0.983. The summed E-state index contributed by atoms with van der Waals surface area (Å²) in [7, 11) is 3.59. The molecule has 0 bridgehead atoms. The Balaban J connectivity index is 2.00. The summed E-state index contributed by atoms with van der Waals surface area (Å²) in [5.74, 6) is 0.436. The zero-order valence-corrected chi connectivity index (χ0v) is 16.7. The van der Waals surface area contributed by atoms with Gasteiger partial charge in [-0.2, -0.15) is 0 Å². The molecule has 2 N–H and O–H groups in total. The van der Waals surface area contributed by atoms with Crippen molar-refractivity contribution >= 4 is 28.9 Å². The number of benzene rings is 1. The van der Waals surface area contributed by atoms with E-state index in [1.165, 1.54) is 0 Å². The van der Waals surface area contributed by atoms with Crippen molar-refractivity contribution in [3.05, 3.63) is 29.5 Å². The van der Waals surface area contributed by atoms with E-state index in [0.29, 0.717) is 28.5 Å². The molecule has 2 heterocycles. The number of carboxylic acid groups (broad SMARTS) is 1. The summed E-state index contributed by atoms with van der Waals surface area (Å²) in [6.07, 6.45) is 1.07. The number of hydrogen-bond acceptors (Lipinski definition) is 5. The van der Waals surface area contributed by atoms with Gasteiger partial charge in [0.2, 0.25) is 0 Å². The smallest absolute Gasteiger partial charge is 0.413 e. The number of fused-ring (bicyclic) bond motifs is 1. The Kier molecular flexibility index (Phi) is 4.62. The lowest BCUT2D eigenvalue weighted by Gasteiger charge is -2.18. The van der Waals surface area contributed by atoms with E-state index in [9.17, 15) is 14.7 Å². The number of aryl methyl sites for hydroxylation is 3. The molecule has 3 rings (SSSR count). The van der Waals surface area contributed by atoms with Gasteiger partial charge >= 0.3 is 12.1 Å². The Morgan fingerprint density at radius 2 is 1.82 bits per heavy atom. The summed E-state index contributed by atoms with van der Waals surface area (Å²) in [6.45, 7) is 7.10. The molecule has 0 aliphatic rings. The molecular weight excluding hydrogens is 362 g/mol. The van der Waals surface area contributed by atoms with Crippen molar-refractivity contribution in [2.45, 2.75) is 33.3 Å². The topological polar surface area (TPSA) is 111 Å². The lowest BCUT2D eigenvalue weighted by molar-refractivity contribution is 0.0633. The minimum Gasteiger partial charge on any atom is -0.478 e. The molecule has 148 valence electrons. The van der Waals surface area contributed by atoms with E-state index in [0.717, 1.165) is 5.52 Å². The number of hydrogen-bond donors (Lipinski definition) is 2. The first kappa shape index (κ1) is 19.4. The number of nitrogens with zero attached hydrogens (tertiary/aromatic N) is 4. The summed E-state index contributed by atoms with van der Waals surface area (Å²) in [5.41, 5.74) is 1.64. The summed E-state index contributed by atoms with van der Waals surface area (Å²) in [4.78, 5) is 32.4. The van der Waals surface area contributed by atoms with Gasteiger partial charge in [-0.05, 0) is 45.4 Å². The molecule has 0 saturated carbocycles. The molecule has 0 aliphatic heterocycles. The van der Waals surface area contributed by atoms with Gasteiger partial charge in [-0.15, -0.1) is 0 Å². The number of aromatic carboxylic acids is 1. The number of rotatable bonds is 3. The number of amides is 1. The van der Waals surface area contributed by atoms with Crippen LogP contribution < -0.4 is 5.32 Å². The molecular formula is C19H23N5O4. The second kappa shape index (κ2) is 6.66. The molecule has 2 aromatic heterocycles. The van der Waals surface area contributed by atoms with E-state index in [4.69, 9.17) is 4.74 Å². The van der Waals surface area contributed by atoms with Crippen molar-refractivity contribution in [1.82, 2.24) is 19.1 Å². The quantitative estimate of drug-likeness (QED) is 0.715. The van der Waals surface area contributed by atoms with Crippen LogP contribution >= 0.6 is 0 Å². The van der Waals surface area contributed by atoms with Gasteiger partial charge in [-0.1, -0.05) is 0 Å². The van der Waals surface area contributed by atoms with Crippen molar-refractivity contribution in [3.63, 3.8) is 0 Å². The van der Waals surface area contributed by atoms with Gasteiger partial charge in [0, 0.05) is 20.3 Å². The minimum absolute atomic E-state index is 0.231. The fourth-order valence-corrected chi connectivity index (χ4v) is 3.07. The zero-order chi connectivity index (χ0) is 20.8. The van der Waals surface area contributed by atoms with Gasteiger partial charge in [0.25, 0.3) is 0 Å². The molecule has 0 atom stereocenters. The Hall–Kier alpha value is -3.36. The maximum absolute atomic E-state index is 12.0. The molecule has 1 amide bonds. The highest BCUT2D eigenvalue weighted by atomic mass is 16.6. The van der Waals surface area contributed by atoms with Gasteiger partial charge in [-0.3, -0.25) is 5.32 Å². The summed E-state index contributed by atoms with van der Waals surface area (Å²) in [6, 6.07) is 3.22. The van der Waals surface area contributed by atoms with Crippen LogP contribution in [0.1, 0.15) is 36.7 Å². The van der Waals surface area contributed by atoms with Gasteiger partial charge < -0.3 is 19.0 Å². The van der Waals surface area contributed by atoms with Crippen molar-refractivity contribution in [2.24, 2.45) is 14.1 Å². The van der Waals surface area contributed by atoms with Crippen LogP contribution in [-0.4, -0.2) is 41.9 Å². The Morgan fingerprint density at radius 3 is 2.43 bits per heavy atom. The summed E-state index contributed by atoms with van der Waals surface area (Å²) < 4.78 is 8.78. The third-order valence-electron chi connectivity index (χ3n) is 4.22. The monoisotopic (exact) mass is 385 g/mol. The third kappa shape index (κ3) is 3.55. The van der Waals surface area contributed by atoms with Gasteiger partial charge in [0.15, 0.2) is 17.5 Å². The van der Waals surface area contributed by atoms with Crippen LogP contribution in [0.4, 0.5) is 10.6 Å². The van der Waals surface area contributed by atoms with E-state index in [1.54, 1.807) is 69.3 Å². The first-order valence-electron chi connectivity index (χ1n) is 8.71. The molecule has 28 heavy (non-hydrogen) atoms. The predicted octanol–water partition coefficient (Wildman–Crippen LogP) is 3.33. The first-order chi connectivity index (χ1) is 13.0. The lowest BCUT2D eigenvalue weighted by Crippen LogP contribution is -2.27. The first-order valence-corrected chi connectivity index (χ1v) is 8.71. The predicted molar refractivity (Wildman–Crippen MR) is 104 cm³/mol. The molecule has 1 aromatic carbocycles. The molecule has 0 unspecified atom stereocenters. The summed E-state index contributed by atoms with van der Waals surface area (Å²) in [5, 5.41) is 12.0. The molecule has 0 aliphatic carbocycles. The molecule has 0 radical (unpaired) electrons. The number of ether oxygens (including phenoxy) is 1. The van der Waals surface area contributed by atoms with Crippen LogP contribution in [0.5, 0.6) is 0 Å². The zero-order valence-electron chi connectivity index (χ0n) is 16.7. The van der Waals surface area contributed by atoms with Crippen molar-refractivity contribution in [3.8, 4) is 11.6 Å². The molecule has 9 heteroatoms. The number of carboxylic acids is 1. The Bertz CT molecular complexity index is 1090. The number of imidazole rings is 2. The third-order valence-corrected chi connectivity index (χ3v) is 4.22. The van der Waals surface area contributed by atoms with Crippen molar-refractivity contribution in [2.75, 3.05) is 5.32 Å². The van der Waals surface area contributed by atoms with Gasteiger partial charge in [-0.25, -0.2) is 19.6 Å². The lowest BCUT2D eigenvalue weighted by atomic mass is 10.1. The second-order valence-corrected chi connectivity index (χ2v) is 7.59. The fraction of sp³-hybridized carbons (Fsp3) is 0.368. The number of aromatic nitrogens is 4. The Labute approximate surface area is 162 Å². The van der Waals surface area contributed by atoms with E-state index in [-0.39, 0.29) is 5.56 Å². The van der Waals surface area contributed by atoms with Crippen molar-refractivity contribution < 1.29 is 19.4 Å². The highest BCUT2D eigenvalue weighted by molar-refractivity contribution is 5.96. The average Bonchev–Trinajstić information content (AvgIpc) is 3.05. The van der Waals surface area contributed by atoms with E-state index >= 15 is 0 Å². The highest BCUT2D eigenvalue weighted by Crippen LogP contribution is 2.28.